The number of hydrogen-bond donors (Lipinski definition) is 1. The van der Waals surface area contributed by atoms with Crippen LogP contribution in [0, 0.1) is 0 Å². The van der Waals surface area contributed by atoms with Crippen molar-refractivity contribution in [2.24, 2.45) is 0 Å². The minimum Gasteiger partial charge on any atom is -0.468 e. The van der Waals surface area contributed by atoms with Gasteiger partial charge in [0.2, 0.25) is 11.9 Å². The van der Waals surface area contributed by atoms with E-state index in [1.54, 1.807) is 36.6 Å². The fourth-order valence-corrected chi connectivity index (χ4v) is 2.28. The van der Waals surface area contributed by atoms with E-state index in [2.05, 4.69) is 25.3 Å². The number of imidazole rings is 1. The molecule has 0 amide bonds. The van der Waals surface area contributed by atoms with Crippen molar-refractivity contribution in [2.75, 3.05) is 12.4 Å². The van der Waals surface area contributed by atoms with Gasteiger partial charge < -0.3 is 9.73 Å². The van der Waals surface area contributed by atoms with E-state index in [1.165, 1.54) is 11.8 Å². The Labute approximate surface area is 119 Å². The van der Waals surface area contributed by atoms with Crippen LogP contribution in [-0.4, -0.2) is 31.6 Å². The molecule has 3 heterocycles. The van der Waals surface area contributed by atoms with Gasteiger partial charge in [-0.05, 0) is 12.1 Å². The lowest BCUT2D eigenvalue weighted by atomic mass is 10.5. The fraction of sp³-hybridized carbons (Fsp3) is 0.167. The molecular formula is C12H12N6OS. The van der Waals surface area contributed by atoms with Gasteiger partial charge in [0, 0.05) is 19.4 Å². The molecule has 0 saturated carbocycles. The van der Waals surface area contributed by atoms with Crippen LogP contribution in [0.4, 0.5) is 5.95 Å². The molecule has 0 aliphatic carbocycles. The SMILES string of the molecule is CNc1nc(SCc2ccco2)nc(-n2ccnc2)n1. The molecule has 0 aromatic carbocycles. The van der Waals surface area contributed by atoms with E-state index in [-0.39, 0.29) is 0 Å². The summed E-state index contributed by atoms with van der Waals surface area (Å²) in [6, 6.07) is 3.78. The van der Waals surface area contributed by atoms with Crippen molar-refractivity contribution >= 4 is 17.7 Å². The first-order chi connectivity index (χ1) is 9.85. The van der Waals surface area contributed by atoms with Gasteiger partial charge in [-0.2, -0.15) is 15.0 Å². The highest BCUT2D eigenvalue weighted by atomic mass is 32.2. The smallest absolute Gasteiger partial charge is 0.240 e. The minimum atomic E-state index is 0.519. The van der Waals surface area contributed by atoms with E-state index in [1.807, 2.05) is 12.1 Å². The summed E-state index contributed by atoms with van der Waals surface area (Å²) < 4.78 is 7.03. The fourth-order valence-electron chi connectivity index (χ4n) is 1.55. The molecule has 20 heavy (non-hydrogen) atoms. The Morgan fingerprint density at radius 2 is 2.30 bits per heavy atom. The van der Waals surface area contributed by atoms with E-state index in [0.29, 0.717) is 22.8 Å². The topological polar surface area (TPSA) is 81.7 Å². The summed E-state index contributed by atoms with van der Waals surface area (Å²) in [6.07, 6.45) is 6.77. The van der Waals surface area contributed by atoms with Gasteiger partial charge in [-0.15, -0.1) is 0 Å². The Hall–Kier alpha value is -2.35. The highest BCUT2D eigenvalue weighted by molar-refractivity contribution is 7.98. The lowest BCUT2D eigenvalue weighted by Crippen LogP contribution is -2.06. The number of thioether (sulfide) groups is 1. The molecule has 7 nitrogen and oxygen atoms in total. The summed E-state index contributed by atoms with van der Waals surface area (Å²) in [5.41, 5.74) is 0. The van der Waals surface area contributed by atoms with Crippen LogP contribution >= 0.6 is 11.8 Å². The average molecular weight is 288 g/mol. The van der Waals surface area contributed by atoms with Crippen LogP contribution < -0.4 is 5.32 Å². The summed E-state index contributed by atoms with van der Waals surface area (Å²) in [7, 11) is 1.77. The number of nitrogens with one attached hydrogen (secondary N) is 1. The zero-order valence-corrected chi connectivity index (χ0v) is 11.5. The normalized spacial score (nSPS) is 10.7. The molecule has 0 aliphatic rings. The summed E-state index contributed by atoms with van der Waals surface area (Å²) >= 11 is 1.49. The van der Waals surface area contributed by atoms with E-state index >= 15 is 0 Å². The molecule has 8 heteroatoms. The molecule has 102 valence electrons. The Bertz CT molecular complexity index is 667. The van der Waals surface area contributed by atoms with Gasteiger partial charge in [0.05, 0.1) is 12.0 Å². The van der Waals surface area contributed by atoms with Crippen LogP contribution in [0.5, 0.6) is 0 Å². The largest absolute Gasteiger partial charge is 0.468 e. The van der Waals surface area contributed by atoms with E-state index in [9.17, 15) is 0 Å². The van der Waals surface area contributed by atoms with Gasteiger partial charge in [0.15, 0.2) is 5.16 Å². The third kappa shape index (κ3) is 2.80. The second kappa shape index (κ2) is 5.74. The van der Waals surface area contributed by atoms with Crippen LogP contribution in [0.2, 0.25) is 0 Å². The van der Waals surface area contributed by atoms with Gasteiger partial charge in [0.25, 0.3) is 0 Å². The highest BCUT2D eigenvalue weighted by Gasteiger charge is 2.08. The summed E-state index contributed by atoms with van der Waals surface area (Å²) in [5, 5.41) is 3.56. The summed E-state index contributed by atoms with van der Waals surface area (Å²) in [6.45, 7) is 0. The van der Waals surface area contributed by atoms with Gasteiger partial charge in [-0.3, -0.25) is 4.57 Å². The van der Waals surface area contributed by atoms with Crippen LogP contribution in [0.3, 0.4) is 0 Å². The highest BCUT2D eigenvalue weighted by Crippen LogP contribution is 2.21. The molecular weight excluding hydrogens is 276 g/mol. The Balaban J connectivity index is 1.84. The molecule has 0 atom stereocenters. The molecule has 3 rings (SSSR count). The molecule has 0 spiro atoms. The Morgan fingerprint density at radius 3 is 3.00 bits per heavy atom. The lowest BCUT2D eigenvalue weighted by Gasteiger charge is -2.06. The molecule has 0 bridgehead atoms. The minimum absolute atomic E-state index is 0.519. The molecule has 0 radical (unpaired) electrons. The average Bonchev–Trinajstić information content (AvgIpc) is 3.17. The quantitative estimate of drug-likeness (QED) is 0.719. The molecule has 3 aromatic heterocycles. The monoisotopic (exact) mass is 288 g/mol. The maximum absolute atomic E-state index is 5.29. The summed E-state index contributed by atoms with van der Waals surface area (Å²) in [4.78, 5) is 17.0. The lowest BCUT2D eigenvalue weighted by molar-refractivity contribution is 0.530. The maximum Gasteiger partial charge on any atom is 0.240 e. The number of anilines is 1. The zero-order chi connectivity index (χ0) is 13.8. The van der Waals surface area contributed by atoms with Crippen molar-refractivity contribution in [2.45, 2.75) is 10.9 Å². The first-order valence-corrected chi connectivity index (χ1v) is 6.91. The summed E-state index contributed by atoms with van der Waals surface area (Å²) in [5.74, 6) is 2.60. The van der Waals surface area contributed by atoms with Gasteiger partial charge in [0.1, 0.15) is 12.1 Å². The van der Waals surface area contributed by atoms with Gasteiger partial charge in [-0.25, -0.2) is 4.98 Å². The first-order valence-electron chi connectivity index (χ1n) is 5.92. The van der Waals surface area contributed by atoms with Crippen LogP contribution in [-0.2, 0) is 5.75 Å². The van der Waals surface area contributed by atoms with Crippen molar-refractivity contribution in [1.29, 1.82) is 0 Å². The molecule has 3 aromatic rings. The number of rotatable bonds is 5. The zero-order valence-electron chi connectivity index (χ0n) is 10.7. The molecule has 0 unspecified atom stereocenters. The predicted octanol–water partition coefficient (Wildman–Crippen LogP) is 1.98. The Morgan fingerprint density at radius 1 is 1.35 bits per heavy atom. The van der Waals surface area contributed by atoms with Gasteiger partial charge >= 0.3 is 0 Å². The van der Waals surface area contributed by atoms with Gasteiger partial charge in [-0.1, -0.05) is 11.8 Å². The van der Waals surface area contributed by atoms with E-state index in [0.717, 1.165) is 5.76 Å². The van der Waals surface area contributed by atoms with Crippen molar-refractivity contribution in [3.05, 3.63) is 42.9 Å². The van der Waals surface area contributed by atoms with E-state index < -0.39 is 0 Å². The van der Waals surface area contributed by atoms with E-state index in [4.69, 9.17) is 4.42 Å². The van der Waals surface area contributed by atoms with Crippen molar-refractivity contribution in [3.63, 3.8) is 0 Å². The van der Waals surface area contributed by atoms with Crippen LogP contribution in [0.15, 0.2) is 46.7 Å². The second-order valence-corrected chi connectivity index (χ2v) is 4.77. The maximum atomic E-state index is 5.29. The molecule has 0 saturated heterocycles. The van der Waals surface area contributed by atoms with Crippen molar-refractivity contribution in [1.82, 2.24) is 24.5 Å². The van der Waals surface area contributed by atoms with Crippen LogP contribution in [0.25, 0.3) is 5.95 Å². The van der Waals surface area contributed by atoms with Crippen molar-refractivity contribution < 1.29 is 4.42 Å². The number of hydrogen-bond acceptors (Lipinski definition) is 7. The number of nitrogens with zero attached hydrogens (tertiary/aromatic N) is 5. The third-order valence-corrected chi connectivity index (χ3v) is 3.36. The first kappa shape index (κ1) is 12.7. The van der Waals surface area contributed by atoms with Crippen LogP contribution in [0.1, 0.15) is 5.76 Å². The second-order valence-electron chi connectivity index (χ2n) is 3.83. The molecule has 1 N–H and O–H groups in total. The third-order valence-electron chi connectivity index (χ3n) is 2.49. The number of furan rings is 1. The molecule has 0 fully saturated rings. The predicted molar refractivity (Wildman–Crippen MR) is 74.8 cm³/mol. The molecule has 0 aliphatic heterocycles. The number of aromatic nitrogens is 5. The standard InChI is InChI=1S/C12H12N6OS/c1-13-10-15-11(18-5-4-14-8-18)17-12(16-10)20-7-9-3-2-6-19-9/h2-6,8H,7H2,1H3,(H,13,15,16,17). The van der Waals surface area contributed by atoms with Crippen molar-refractivity contribution in [3.8, 4) is 5.95 Å². The Kier molecular flexibility index (Phi) is 3.64.